The van der Waals surface area contributed by atoms with E-state index < -0.39 is 0 Å². The monoisotopic (exact) mass is 230 g/mol. The molecule has 1 unspecified atom stereocenters. The number of hydrogen-bond donors (Lipinski definition) is 0. The van der Waals surface area contributed by atoms with Gasteiger partial charge < -0.3 is 0 Å². The van der Waals surface area contributed by atoms with Crippen LogP contribution in [0.1, 0.15) is 30.5 Å². The topological polar surface area (TPSA) is 27.0 Å². The van der Waals surface area contributed by atoms with E-state index in [4.69, 9.17) is 5.26 Å². The third-order valence-corrected chi connectivity index (χ3v) is 3.10. The summed E-state index contributed by atoms with van der Waals surface area (Å²) in [5.74, 6) is 0.0973. The van der Waals surface area contributed by atoms with Crippen molar-refractivity contribution < 1.29 is 0 Å². The van der Waals surface area contributed by atoms with Crippen LogP contribution in [0.2, 0.25) is 0 Å². The summed E-state index contributed by atoms with van der Waals surface area (Å²) in [5, 5.41) is 8.87. The summed E-state index contributed by atoms with van der Waals surface area (Å²) in [6.07, 6.45) is 0. The zero-order valence-corrected chi connectivity index (χ0v) is 11.3. The van der Waals surface area contributed by atoms with E-state index in [1.165, 1.54) is 16.7 Å². The van der Waals surface area contributed by atoms with Gasteiger partial charge in [-0.25, -0.2) is 0 Å². The number of nitrogens with zero attached hydrogens (tertiary/aromatic N) is 2. The Hall–Kier alpha value is -1.33. The third-order valence-electron chi connectivity index (χ3n) is 3.10. The van der Waals surface area contributed by atoms with Crippen LogP contribution < -0.4 is 0 Å². The Labute approximate surface area is 105 Å². The van der Waals surface area contributed by atoms with E-state index in [0.717, 1.165) is 19.6 Å². The van der Waals surface area contributed by atoms with Gasteiger partial charge in [-0.3, -0.25) is 4.90 Å². The summed E-state index contributed by atoms with van der Waals surface area (Å²) in [6, 6.07) is 8.86. The van der Waals surface area contributed by atoms with Crippen LogP contribution >= 0.6 is 0 Å². The third kappa shape index (κ3) is 4.20. The minimum Gasteiger partial charge on any atom is -0.298 e. The van der Waals surface area contributed by atoms with Gasteiger partial charge in [-0.05, 0) is 38.4 Å². The standard InChI is InChI=1S/C15H22N2/c1-5-17(10-13(3)9-16)11-15-8-12(2)6-7-14(15)4/h6-8,13H,5,10-11H2,1-4H3. The average molecular weight is 230 g/mol. The maximum Gasteiger partial charge on any atom is 0.0666 e. The number of aryl methyl sites for hydroxylation is 2. The molecule has 0 heterocycles. The fourth-order valence-corrected chi connectivity index (χ4v) is 1.95. The molecule has 92 valence electrons. The summed E-state index contributed by atoms with van der Waals surface area (Å²) in [4.78, 5) is 2.33. The van der Waals surface area contributed by atoms with E-state index in [9.17, 15) is 0 Å². The van der Waals surface area contributed by atoms with Gasteiger partial charge in [0.05, 0.1) is 12.0 Å². The summed E-state index contributed by atoms with van der Waals surface area (Å²) >= 11 is 0. The second-order valence-electron chi connectivity index (χ2n) is 4.79. The maximum absolute atomic E-state index is 8.87. The molecule has 0 saturated heterocycles. The average Bonchev–Trinajstić information content (AvgIpc) is 2.32. The van der Waals surface area contributed by atoms with Crippen molar-refractivity contribution in [2.75, 3.05) is 13.1 Å². The quantitative estimate of drug-likeness (QED) is 0.776. The highest BCUT2D eigenvalue weighted by Gasteiger charge is 2.09. The predicted molar refractivity (Wildman–Crippen MR) is 71.6 cm³/mol. The second-order valence-corrected chi connectivity index (χ2v) is 4.79. The van der Waals surface area contributed by atoms with Crippen LogP contribution in [0, 0.1) is 31.1 Å². The molecule has 0 spiro atoms. The number of benzene rings is 1. The molecule has 2 heteroatoms. The number of nitriles is 1. The molecule has 0 aliphatic rings. The molecule has 1 aromatic carbocycles. The van der Waals surface area contributed by atoms with E-state index >= 15 is 0 Å². The van der Waals surface area contributed by atoms with Crippen LogP contribution in [0.25, 0.3) is 0 Å². The minimum absolute atomic E-state index is 0.0973. The van der Waals surface area contributed by atoms with Crippen molar-refractivity contribution in [2.45, 2.75) is 34.2 Å². The molecule has 2 nitrogen and oxygen atoms in total. The van der Waals surface area contributed by atoms with Gasteiger partial charge in [-0.2, -0.15) is 5.26 Å². The molecule has 17 heavy (non-hydrogen) atoms. The highest BCUT2D eigenvalue weighted by molar-refractivity contribution is 5.30. The van der Waals surface area contributed by atoms with Crippen LogP contribution in [0.5, 0.6) is 0 Å². The van der Waals surface area contributed by atoms with Gasteiger partial charge in [0.15, 0.2) is 0 Å². The molecular weight excluding hydrogens is 208 g/mol. The molecule has 1 atom stereocenters. The van der Waals surface area contributed by atoms with Gasteiger partial charge in [0.2, 0.25) is 0 Å². The van der Waals surface area contributed by atoms with Gasteiger partial charge in [0.25, 0.3) is 0 Å². The fourth-order valence-electron chi connectivity index (χ4n) is 1.95. The Balaban J connectivity index is 2.74. The Bertz CT molecular complexity index is 404. The zero-order chi connectivity index (χ0) is 12.8. The smallest absolute Gasteiger partial charge is 0.0666 e. The number of rotatable bonds is 5. The Morgan fingerprint density at radius 2 is 2.06 bits per heavy atom. The molecule has 0 aromatic heterocycles. The first-order valence-corrected chi connectivity index (χ1v) is 6.25. The van der Waals surface area contributed by atoms with Gasteiger partial charge in [0.1, 0.15) is 0 Å². The summed E-state index contributed by atoms with van der Waals surface area (Å²) in [5.41, 5.74) is 4.01. The predicted octanol–water partition coefficient (Wildman–Crippen LogP) is 3.29. The molecule has 0 fully saturated rings. The molecular formula is C15H22N2. The lowest BCUT2D eigenvalue weighted by atomic mass is 10.0. The lowest BCUT2D eigenvalue weighted by molar-refractivity contribution is 0.260. The van der Waals surface area contributed by atoms with Gasteiger partial charge in [-0.15, -0.1) is 0 Å². The highest BCUT2D eigenvalue weighted by Crippen LogP contribution is 2.14. The van der Waals surface area contributed by atoms with Gasteiger partial charge in [0, 0.05) is 13.1 Å². The molecule has 0 aliphatic carbocycles. The fraction of sp³-hybridized carbons (Fsp3) is 0.533. The van der Waals surface area contributed by atoms with Crippen LogP contribution in [0.4, 0.5) is 0 Å². The molecule has 0 N–H and O–H groups in total. The molecule has 1 aromatic rings. The van der Waals surface area contributed by atoms with Crippen molar-refractivity contribution in [1.29, 1.82) is 5.26 Å². The first kappa shape index (κ1) is 13.7. The summed E-state index contributed by atoms with van der Waals surface area (Å²) in [7, 11) is 0. The van der Waals surface area contributed by atoms with Gasteiger partial charge >= 0.3 is 0 Å². The van der Waals surface area contributed by atoms with Crippen molar-refractivity contribution in [1.82, 2.24) is 4.90 Å². The summed E-state index contributed by atoms with van der Waals surface area (Å²) in [6.45, 7) is 11.2. The minimum atomic E-state index is 0.0973. The van der Waals surface area contributed by atoms with Crippen LogP contribution in [-0.2, 0) is 6.54 Å². The summed E-state index contributed by atoms with van der Waals surface area (Å²) < 4.78 is 0. The van der Waals surface area contributed by atoms with Crippen molar-refractivity contribution >= 4 is 0 Å². The first-order chi connectivity index (χ1) is 8.06. The zero-order valence-electron chi connectivity index (χ0n) is 11.3. The largest absolute Gasteiger partial charge is 0.298 e. The van der Waals surface area contributed by atoms with E-state index in [2.05, 4.69) is 49.9 Å². The van der Waals surface area contributed by atoms with Crippen molar-refractivity contribution in [2.24, 2.45) is 5.92 Å². The Morgan fingerprint density at radius 1 is 1.35 bits per heavy atom. The van der Waals surface area contributed by atoms with E-state index in [1.807, 2.05) is 6.92 Å². The van der Waals surface area contributed by atoms with E-state index in [0.29, 0.717) is 0 Å². The molecule has 0 saturated carbocycles. The van der Waals surface area contributed by atoms with Crippen LogP contribution in [-0.4, -0.2) is 18.0 Å². The molecule has 1 rings (SSSR count). The molecule has 0 amide bonds. The van der Waals surface area contributed by atoms with Crippen LogP contribution in [0.15, 0.2) is 18.2 Å². The molecule has 0 aliphatic heterocycles. The number of hydrogen-bond acceptors (Lipinski definition) is 2. The normalized spacial score (nSPS) is 12.5. The second kappa shape index (κ2) is 6.42. The van der Waals surface area contributed by atoms with Crippen molar-refractivity contribution in [3.05, 3.63) is 34.9 Å². The lowest BCUT2D eigenvalue weighted by Crippen LogP contribution is -2.27. The van der Waals surface area contributed by atoms with E-state index in [1.54, 1.807) is 0 Å². The van der Waals surface area contributed by atoms with Crippen molar-refractivity contribution in [3.63, 3.8) is 0 Å². The van der Waals surface area contributed by atoms with Crippen LogP contribution in [0.3, 0.4) is 0 Å². The first-order valence-electron chi connectivity index (χ1n) is 6.25. The van der Waals surface area contributed by atoms with E-state index in [-0.39, 0.29) is 5.92 Å². The van der Waals surface area contributed by atoms with Gasteiger partial charge in [-0.1, -0.05) is 30.7 Å². The highest BCUT2D eigenvalue weighted by atomic mass is 15.1. The molecule has 0 bridgehead atoms. The van der Waals surface area contributed by atoms with Crippen molar-refractivity contribution in [3.8, 4) is 6.07 Å². The molecule has 0 radical (unpaired) electrons. The Kier molecular flexibility index (Phi) is 5.18. The SMILES string of the molecule is CCN(Cc1cc(C)ccc1C)CC(C)C#N. The lowest BCUT2D eigenvalue weighted by Gasteiger charge is -2.22. The maximum atomic E-state index is 8.87. The Morgan fingerprint density at radius 3 is 2.65 bits per heavy atom.